The topological polar surface area (TPSA) is 117 Å². The average molecular weight is 381 g/mol. The van der Waals surface area contributed by atoms with Crippen LogP contribution in [0.2, 0.25) is 0 Å². The lowest BCUT2D eigenvalue weighted by Gasteiger charge is -2.33. The minimum Gasteiger partial charge on any atom is -0.477 e. The monoisotopic (exact) mass is 381 g/mol. The number of carboxylic acid groups (broad SMARTS) is 1. The van der Waals surface area contributed by atoms with Gasteiger partial charge in [0.15, 0.2) is 0 Å². The molecular weight excluding hydrogens is 358 g/mol. The first-order valence-corrected chi connectivity index (χ1v) is 10.4. The summed E-state index contributed by atoms with van der Waals surface area (Å²) in [5.74, 6) is -1.48. The van der Waals surface area contributed by atoms with Crippen LogP contribution in [0.15, 0.2) is 18.3 Å². The van der Waals surface area contributed by atoms with E-state index in [0.29, 0.717) is 19.4 Å². The Hall–Kier alpha value is -2.00. The number of sulfonamides is 1. The van der Waals surface area contributed by atoms with E-state index in [1.54, 1.807) is 0 Å². The van der Waals surface area contributed by atoms with E-state index in [1.165, 1.54) is 23.2 Å². The number of pyridine rings is 1. The van der Waals surface area contributed by atoms with Crippen molar-refractivity contribution in [3.8, 4) is 0 Å². The van der Waals surface area contributed by atoms with Crippen LogP contribution in [0, 0.1) is 0 Å². The summed E-state index contributed by atoms with van der Waals surface area (Å²) >= 11 is 0. The maximum atomic E-state index is 12.6. The summed E-state index contributed by atoms with van der Waals surface area (Å²) in [4.78, 5) is 28.7. The molecule has 2 heterocycles. The zero-order valence-corrected chi connectivity index (χ0v) is 15.2. The Balaban J connectivity index is 1.67. The molecule has 1 aliphatic carbocycles. The van der Waals surface area contributed by atoms with Crippen LogP contribution in [0.4, 0.5) is 0 Å². The molecule has 1 aliphatic heterocycles. The van der Waals surface area contributed by atoms with Gasteiger partial charge in [0.1, 0.15) is 5.69 Å². The molecule has 9 heteroatoms. The molecule has 1 saturated carbocycles. The molecule has 1 aromatic heterocycles. The highest BCUT2D eigenvalue weighted by molar-refractivity contribution is 7.90. The molecule has 0 aromatic carbocycles. The van der Waals surface area contributed by atoms with Gasteiger partial charge in [0.05, 0.1) is 10.8 Å². The van der Waals surface area contributed by atoms with Crippen molar-refractivity contribution in [2.75, 3.05) is 13.1 Å². The normalized spacial score (nSPS) is 21.7. The van der Waals surface area contributed by atoms with Gasteiger partial charge in [0, 0.05) is 25.3 Å². The largest absolute Gasteiger partial charge is 0.477 e. The molecule has 2 fully saturated rings. The number of hydrogen-bond acceptors (Lipinski definition) is 5. The Morgan fingerprint density at radius 1 is 1.15 bits per heavy atom. The van der Waals surface area contributed by atoms with Gasteiger partial charge in [0.25, 0.3) is 5.91 Å². The van der Waals surface area contributed by atoms with E-state index >= 15 is 0 Å². The predicted octanol–water partition coefficient (Wildman–Crippen LogP) is 1.25. The molecule has 3 rings (SSSR count). The van der Waals surface area contributed by atoms with E-state index in [2.05, 4.69) is 9.71 Å². The molecule has 1 saturated heterocycles. The van der Waals surface area contributed by atoms with Gasteiger partial charge in [-0.1, -0.05) is 12.8 Å². The molecule has 142 valence electrons. The summed E-state index contributed by atoms with van der Waals surface area (Å²) in [5, 5.41) is 8.25. The summed E-state index contributed by atoms with van der Waals surface area (Å²) in [7, 11) is -3.47. The van der Waals surface area contributed by atoms with Crippen LogP contribution in [0.5, 0.6) is 0 Å². The number of piperidine rings is 1. The number of carboxylic acids is 1. The quantitative estimate of drug-likeness (QED) is 0.793. The fourth-order valence-corrected chi connectivity index (χ4v) is 5.32. The fraction of sp³-hybridized carbons (Fsp3) is 0.588. The summed E-state index contributed by atoms with van der Waals surface area (Å²) in [6.07, 6.45) is 6.20. The van der Waals surface area contributed by atoms with E-state index in [9.17, 15) is 18.0 Å². The van der Waals surface area contributed by atoms with E-state index in [4.69, 9.17) is 5.11 Å². The van der Waals surface area contributed by atoms with E-state index in [-0.39, 0.29) is 29.8 Å². The minimum atomic E-state index is -3.47. The number of aromatic carboxylic acids is 1. The number of aromatic nitrogens is 1. The van der Waals surface area contributed by atoms with Gasteiger partial charge < -0.3 is 10.0 Å². The molecule has 1 amide bonds. The summed E-state index contributed by atoms with van der Waals surface area (Å²) in [6, 6.07) is 2.70. The van der Waals surface area contributed by atoms with Crippen LogP contribution in [-0.4, -0.2) is 59.7 Å². The van der Waals surface area contributed by atoms with Gasteiger partial charge in [-0.25, -0.2) is 22.9 Å². The number of carbonyl (C=O) groups excluding carboxylic acids is 1. The van der Waals surface area contributed by atoms with E-state index in [0.717, 1.165) is 25.7 Å². The standard InChI is InChI=1S/C17H23N3O5S/c21-16(12-7-8-15(17(22)23)18-10-12)20-9-3-6-14(11-20)26(24,25)19-13-4-1-2-5-13/h7-8,10,13-14,19H,1-6,9,11H2,(H,22,23). The molecule has 2 N–H and O–H groups in total. The van der Waals surface area contributed by atoms with Crippen LogP contribution in [0.25, 0.3) is 0 Å². The Morgan fingerprint density at radius 3 is 2.50 bits per heavy atom. The van der Waals surface area contributed by atoms with Crippen LogP contribution >= 0.6 is 0 Å². The lowest BCUT2D eigenvalue weighted by Crippen LogP contribution is -2.49. The molecular formula is C17H23N3O5S. The van der Waals surface area contributed by atoms with Gasteiger partial charge in [-0.15, -0.1) is 0 Å². The zero-order valence-electron chi connectivity index (χ0n) is 14.4. The Morgan fingerprint density at radius 2 is 1.88 bits per heavy atom. The van der Waals surface area contributed by atoms with Gasteiger partial charge >= 0.3 is 5.97 Å². The van der Waals surface area contributed by atoms with Crippen molar-refractivity contribution < 1.29 is 23.1 Å². The zero-order chi connectivity index (χ0) is 18.7. The number of rotatable bonds is 5. The van der Waals surface area contributed by atoms with E-state index < -0.39 is 21.2 Å². The van der Waals surface area contributed by atoms with Gasteiger partial charge in [-0.2, -0.15) is 0 Å². The summed E-state index contributed by atoms with van der Waals surface area (Å²) in [5.41, 5.74) is 0.123. The maximum Gasteiger partial charge on any atom is 0.354 e. The van der Waals surface area contributed by atoms with Crippen molar-refractivity contribution in [2.45, 2.75) is 49.8 Å². The number of nitrogens with one attached hydrogen (secondary N) is 1. The van der Waals surface area contributed by atoms with Gasteiger partial charge in [-0.3, -0.25) is 4.79 Å². The smallest absolute Gasteiger partial charge is 0.354 e. The minimum absolute atomic E-state index is 0.0128. The number of nitrogens with zero attached hydrogens (tertiary/aromatic N) is 2. The summed E-state index contributed by atoms with van der Waals surface area (Å²) in [6.45, 7) is 0.622. The molecule has 1 atom stereocenters. The molecule has 1 aromatic rings. The first-order valence-electron chi connectivity index (χ1n) is 8.86. The lowest BCUT2D eigenvalue weighted by molar-refractivity contribution is 0.0684. The highest BCUT2D eigenvalue weighted by Gasteiger charge is 2.34. The lowest BCUT2D eigenvalue weighted by atomic mass is 10.1. The van der Waals surface area contributed by atoms with Crippen molar-refractivity contribution in [3.05, 3.63) is 29.6 Å². The van der Waals surface area contributed by atoms with Crippen LogP contribution in [0.1, 0.15) is 59.4 Å². The fourth-order valence-electron chi connectivity index (χ4n) is 3.58. The molecule has 26 heavy (non-hydrogen) atoms. The van der Waals surface area contributed by atoms with Crippen LogP contribution in [0.3, 0.4) is 0 Å². The highest BCUT2D eigenvalue weighted by atomic mass is 32.2. The SMILES string of the molecule is O=C(O)c1ccc(C(=O)N2CCCC(S(=O)(=O)NC3CCCC3)C2)cn1. The average Bonchev–Trinajstić information content (AvgIpc) is 3.13. The molecule has 0 bridgehead atoms. The first-order chi connectivity index (χ1) is 12.4. The van der Waals surface area contributed by atoms with Gasteiger partial charge in [-0.05, 0) is 37.8 Å². The molecule has 0 radical (unpaired) electrons. The van der Waals surface area contributed by atoms with Crippen molar-refractivity contribution >= 4 is 21.9 Å². The predicted molar refractivity (Wildman–Crippen MR) is 94.4 cm³/mol. The van der Waals surface area contributed by atoms with Crippen LogP contribution < -0.4 is 4.72 Å². The third-order valence-corrected chi connectivity index (χ3v) is 6.94. The van der Waals surface area contributed by atoms with Crippen molar-refractivity contribution in [2.24, 2.45) is 0 Å². The third kappa shape index (κ3) is 4.21. The number of likely N-dealkylation sites (tertiary alicyclic amines) is 1. The van der Waals surface area contributed by atoms with Gasteiger partial charge in [0.2, 0.25) is 10.0 Å². The second-order valence-corrected chi connectivity index (χ2v) is 8.89. The maximum absolute atomic E-state index is 12.6. The Labute approximate surface area is 152 Å². The van der Waals surface area contributed by atoms with E-state index in [1.807, 2.05) is 0 Å². The van der Waals surface area contributed by atoms with Crippen molar-refractivity contribution in [1.82, 2.24) is 14.6 Å². The van der Waals surface area contributed by atoms with Crippen molar-refractivity contribution in [1.29, 1.82) is 0 Å². The highest BCUT2D eigenvalue weighted by Crippen LogP contribution is 2.23. The molecule has 1 unspecified atom stereocenters. The second kappa shape index (κ2) is 7.71. The van der Waals surface area contributed by atoms with Crippen LogP contribution in [-0.2, 0) is 10.0 Å². The third-order valence-electron chi connectivity index (χ3n) is 5.02. The number of amides is 1. The Bertz CT molecular complexity index is 772. The number of carbonyl (C=O) groups is 2. The molecule has 0 spiro atoms. The molecule has 2 aliphatic rings. The second-order valence-electron chi connectivity index (χ2n) is 6.90. The summed E-state index contributed by atoms with van der Waals surface area (Å²) < 4.78 is 28.1. The number of hydrogen-bond donors (Lipinski definition) is 2. The molecule has 8 nitrogen and oxygen atoms in total. The van der Waals surface area contributed by atoms with Crippen molar-refractivity contribution in [3.63, 3.8) is 0 Å². The first kappa shape index (κ1) is 18.8. The Kier molecular flexibility index (Phi) is 5.57.